The van der Waals surface area contributed by atoms with Gasteiger partial charge < -0.3 is 15.3 Å². The zero-order valence-corrected chi connectivity index (χ0v) is 11.0. The molecule has 1 aromatic carbocycles. The average Bonchev–Trinajstić information content (AvgIpc) is 2.41. The minimum absolute atomic E-state index is 0.286. The Morgan fingerprint density at radius 1 is 1.58 bits per heavy atom. The van der Waals surface area contributed by atoms with Crippen LogP contribution in [0.4, 0.5) is 10.1 Å². The third kappa shape index (κ3) is 3.23. The number of rotatable bonds is 4. The molecule has 1 aliphatic heterocycles. The van der Waals surface area contributed by atoms with Crippen molar-refractivity contribution in [2.75, 3.05) is 25.0 Å². The summed E-state index contributed by atoms with van der Waals surface area (Å²) >= 11 is 0. The van der Waals surface area contributed by atoms with E-state index < -0.39 is 11.9 Å². The van der Waals surface area contributed by atoms with Crippen LogP contribution in [-0.2, 0) is 11.3 Å². The number of aliphatic carboxylic acids is 1. The average molecular weight is 266 g/mol. The van der Waals surface area contributed by atoms with E-state index in [1.807, 2.05) is 11.9 Å². The smallest absolute Gasteiger partial charge is 0.308 e. The molecule has 1 unspecified atom stereocenters. The van der Waals surface area contributed by atoms with Crippen LogP contribution in [0.3, 0.4) is 0 Å². The molecule has 0 bridgehead atoms. The van der Waals surface area contributed by atoms with E-state index in [1.54, 1.807) is 12.1 Å². The fourth-order valence-corrected chi connectivity index (χ4v) is 2.51. The second-order valence-electron chi connectivity index (χ2n) is 4.94. The molecule has 0 aromatic heterocycles. The van der Waals surface area contributed by atoms with Crippen LogP contribution >= 0.6 is 0 Å². The number of anilines is 1. The summed E-state index contributed by atoms with van der Waals surface area (Å²) in [6.07, 6.45) is 1.45. The Kier molecular flexibility index (Phi) is 4.37. The minimum Gasteiger partial charge on any atom is -0.481 e. The molecule has 1 fully saturated rings. The SMILES string of the molecule is CNCc1ccc(F)c(N2CCCC(C(=O)O)C2)c1. The standard InChI is InChI=1S/C14H19FN2O2/c1-16-8-10-4-5-12(15)13(7-10)17-6-2-3-11(9-17)14(18)19/h4-5,7,11,16H,2-3,6,8-9H2,1H3,(H,18,19). The van der Waals surface area contributed by atoms with E-state index in [2.05, 4.69) is 5.32 Å². The van der Waals surface area contributed by atoms with Gasteiger partial charge in [0, 0.05) is 19.6 Å². The Morgan fingerprint density at radius 3 is 3.05 bits per heavy atom. The van der Waals surface area contributed by atoms with Crippen molar-refractivity contribution in [2.24, 2.45) is 5.92 Å². The molecule has 1 heterocycles. The summed E-state index contributed by atoms with van der Waals surface area (Å²) < 4.78 is 13.9. The highest BCUT2D eigenvalue weighted by atomic mass is 19.1. The van der Waals surface area contributed by atoms with E-state index in [1.165, 1.54) is 6.07 Å². The Bertz CT molecular complexity index is 465. The van der Waals surface area contributed by atoms with E-state index >= 15 is 0 Å². The van der Waals surface area contributed by atoms with E-state index in [4.69, 9.17) is 5.11 Å². The van der Waals surface area contributed by atoms with Gasteiger partial charge in [0.1, 0.15) is 5.82 Å². The summed E-state index contributed by atoms with van der Waals surface area (Å²) in [5.74, 6) is -1.48. The summed E-state index contributed by atoms with van der Waals surface area (Å²) in [5.41, 5.74) is 1.51. The summed E-state index contributed by atoms with van der Waals surface area (Å²) in [4.78, 5) is 12.9. The van der Waals surface area contributed by atoms with Crippen LogP contribution in [0.2, 0.25) is 0 Å². The van der Waals surface area contributed by atoms with Gasteiger partial charge in [0.05, 0.1) is 11.6 Å². The van der Waals surface area contributed by atoms with Crippen LogP contribution in [0.1, 0.15) is 18.4 Å². The predicted octanol–water partition coefficient (Wildman–Crippen LogP) is 1.85. The second-order valence-corrected chi connectivity index (χ2v) is 4.94. The molecule has 0 aliphatic carbocycles. The van der Waals surface area contributed by atoms with E-state index in [-0.39, 0.29) is 5.82 Å². The lowest BCUT2D eigenvalue weighted by atomic mass is 9.97. The zero-order chi connectivity index (χ0) is 13.8. The van der Waals surface area contributed by atoms with Crippen molar-refractivity contribution >= 4 is 11.7 Å². The van der Waals surface area contributed by atoms with Gasteiger partial charge in [0.25, 0.3) is 0 Å². The van der Waals surface area contributed by atoms with E-state index in [0.717, 1.165) is 12.0 Å². The lowest BCUT2D eigenvalue weighted by Crippen LogP contribution is -2.39. The van der Waals surface area contributed by atoms with Gasteiger partial charge in [-0.15, -0.1) is 0 Å². The predicted molar refractivity (Wildman–Crippen MR) is 71.7 cm³/mol. The number of halogens is 1. The number of benzene rings is 1. The van der Waals surface area contributed by atoms with Gasteiger partial charge >= 0.3 is 5.97 Å². The van der Waals surface area contributed by atoms with Crippen LogP contribution in [0.5, 0.6) is 0 Å². The van der Waals surface area contributed by atoms with Gasteiger partial charge in [-0.25, -0.2) is 4.39 Å². The normalized spacial score (nSPS) is 19.5. The Labute approximate surface area is 112 Å². The second kappa shape index (κ2) is 6.02. The number of nitrogens with zero attached hydrogens (tertiary/aromatic N) is 1. The maximum absolute atomic E-state index is 13.9. The number of hydrogen-bond donors (Lipinski definition) is 2. The van der Waals surface area contributed by atoms with Crippen molar-refractivity contribution in [1.82, 2.24) is 5.32 Å². The highest BCUT2D eigenvalue weighted by Gasteiger charge is 2.26. The van der Waals surface area contributed by atoms with E-state index in [9.17, 15) is 9.18 Å². The van der Waals surface area contributed by atoms with Crippen LogP contribution in [-0.4, -0.2) is 31.2 Å². The fourth-order valence-electron chi connectivity index (χ4n) is 2.51. The molecule has 1 aliphatic rings. The van der Waals surface area contributed by atoms with Crippen molar-refractivity contribution in [1.29, 1.82) is 0 Å². The van der Waals surface area contributed by atoms with Gasteiger partial charge in [-0.05, 0) is 37.6 Å². The van der Waals surface area contributed by atoms with Crippen LogP contribution in [0.25, 0.3) is 0 Å². The van der Waals surface area contributed by atoms with Crippen molar-refractivity contribution in [3.8, 4) is 0 Å². The Balaban J connectivity index is 2.20. The highest BCUT2D eigenvalue weighted by molar-refractivity contribution is 5.71. The van der Waals surface area contributed by atoms with Crippen LogP contribution < -0.4 is 10.2 Å². The number of hydrogen-bond acceptors (Lipinski definition) is 3. The quantitative estimate of drug-likeness (QED) is 0.873. The Morgan fingerprint density at radius 2 is 2.37 bits per heavy atom. The number of carboxylic acids is 1. The van der Waals surface area contributed by atoms with Crippen molar-refractivity contribution in [3.63, 3.8) is 0 Å². The van der Waals surface area contributed by atoms with Gasteiger partial charge in [0.15, 0.2) is 0 Å². The third-order valence-electron chi connectivity index (χ3n) is 3.50. The third-order valence-corrected chi connectivity index (χ3v) is 3.50. The van der Waals surface area contributed by atoms with Gasteiger partial charge in [-0.2, -0.15) is 0 Å². The molecular formula is C14H19FN2O2. The molecule has 0 radical (unpaired) electrons. The lowest BCUT2D eigenvalue weighted by molar-refractivity contribution is -0.141. The zero-order valence-electron chi connectivity index (χ0n) is 11.0. The monoisotopic (exact) mass is 266 g/mol. The van der Waals surface area contributed by atoms with Crippen molar-refractivity contribution in [3.05, 3.63) is 29.6 Å². The number of nitrogens with one attached hydrogen (secondary N) is 1. The molecule has 1 aromatic rings. The first-order chi connectivity index (χ1) is 9.11. The van der Waals surface area contributed by atoms with Crippen LogP contribution in [0.15, 0.2) is 18.2 Å². The summed E-state index contributed by atoms with van der Waals surface area (Å²) in [7, 11) is 1.84. The first-order valence-corrected chi connectivity index (χ1v) is 6.52. The van der Waals surface area contributed by atoms with Crippen molar-refractivity contribution < 1.29 is 14.3 Å². The lowest BCUT2D eigenvalue weighted by Gasteiger charge is -2.33. The first-order valence-electron chi connectivity index (χ1n) is 6.52. The molecule has 0 spiro atoms. The number of carbonyl (C=O) groups is 1. The first kappa shape index (κ1) is 13.8. The number of carboxylic acid groups (broad SMARTS) is 1. The molecule has 104 valence electrons. The maximum Gasteiger partial charge on any atom is 0.308 e. The summed E-state index contributed by atoms with van der Waals surface area (Å²) in [6, 6.07) is 5.00. The topological polar surface area (TPSA) is 52.6 Å². The van der Waals surface area contributed by atoms with Crippen molar-refractivity contribution in [2.45, 2.75) is 19.4 Å². The van der Waals surface area contributed by atoms with Gasteiger partial charge in [-0.3, -0.25) is 4.79 Å². The molecule has 5 heteroatoms. The molecule has 0 saturated carbocycles. The van der Waals surface area contributed by atoms with Gasteiger partial charge in [0.2, 0.25) is 0 Å². The maximum atomic E-state index is 13.9. The number of piperidine rings is 1. The largest absolute Gasteiger partial charge is 0.481 e. The molecule has 19 heavy (non-hydrogen) atoms. The molecule has 0 amide bonds. The Hall–Kier alpha value is -1.62. The fraction of sp³-hybridized carbons (Fsp3) is 0.500. The summed E-state index contributed by atoms with van der Waals surface area (Å²) in [5, 5.41) is 12.1. The molecule has 2 rings (SSSR count). The van der Waals surface area contributed by atoms with Crippen LogP contribution in [0, 0.1) is 11.7 Å². The van der Waals surface area contributed by atoms with E-state index in [0.29, 0.717) is 31.7 Å². The van der Waals surface area contributed by atoms with Gasteiger partial charge in [-0.1, -0.05) is 6.07 Å². The molecular weight excluding hydrogens is 247 g/mol. The molecule has 1 atom stereocenters. The minimum atomic E-state index is -0.795. The molecule has 2 N–H and O–H groups in total. The highest BCUT2D eigenvalue weighted by Crippen LogP contribution is 2.26. The molecule has 1 saturated heterocycles. The summed E-state index contributed by atoms with van der Waals surface area (Å²) in [6.45, 7) is 1.77. The molecule has 4 nitrogen and oxygen atoms in total.